The van der Waals surface area contributed by atoms with Crippen LogP contribution in [0, 0.1) is 0 Å². The van der Waals surface area contributed by atoms with Gasteiger partial charge in [0.1, 0.15) is 0 Å². The molecule has 1 rings (SSSR count). The molecule has 0 saturated heterocycles. The number of hydrogen-bond acceptors (Lipinski definition) is 5. The summed E-state index contributed by atoms with van der Waals surface area (Å²) in [5.41, 5.74) is 4.59. The Morgan fingerprint density at radius 2 is 2.23 bits per heavy atom. The molecule has 0 aliphatic rings. The number of tetrazole rings is 1. The highest BCUT2D eigenvalue weighted by atomic mass is 16.2. The van der Waals surface area contributed by atoms with Gasteiger partial charge in [-0.1, -0.05) is 5.10 Å². The summed E-state index contributed by atoms with van der Waals surface area (Å²) in [4.78, 5) is 12.5. The fourth-order valence-corrected chi connectivity index (χ4v) is 0.597. The molecule has 0 spiro atoms. The van der Waals surface area contributed by atoms with E-state index in [1.807, 2.05) is 0 Å². The van der Waals surface area contributed by atoms with Crippen LogP contribution >= 0.6 is 0 Å². The van der Waals surface area contributed by atoms with Gasteiger partial charge in [0.2, 0.25) is 5.91 Å². The molecular weight excluding hydrogens is 172 g/mol. The van der Waals surface area contributed by atoms with E-state index in [9.17, 15) is 4.79 Å². The molecule has 0 aromatic carbocycles. The van der Waals surface area contributed by atoms with Gasteiger partial charge in [-0.25, -0.2) is 0 Å². The number of rotatable bonds is 2. The first-order valence-corrected chi connectivity index (χ1v) is 3.74. The van der Waals surface area contributed by atoms with Crippen molar-refractivity contribution >= 4 is 11.9 Å². The van der Waals surface area contributed by atoms with Crippen LogP contribution in [0.25, 0.3) is 0 Å². The molecule has 0 atom stereocenters. The number of aryl methyl sites for hydroxylation is 1. The lowest BCUT2D eigenvalue weighted by Gasteiger charge is -2.15. The first-order valence-electron chi connectivity index (χ1n) is 3.74. The Morgan fingerprint density at radius 3 is 2.62 bits per heavy atom. The number of nitrogens with zero attached hydrogens (tertiary/aromatic N) is 4. The maximum Gasteiger partial charge on any atom is 0.270 e. The fourth-order valence-electron chi connectivity index (χ4n) is 0.597. The van der Waals surface area contributed by atoms with E-state index in [1.54, 1.807) is 20.9 Å². The average Bonchev–Trinajstić information content (AvgIpc) is 2.33. The van der Waals surface area contributed by atoms with Crippen LogP contribution in [-0.2, 0) is 11.8 Å². The number of hydrogen-bond donors (Lipinski definition) is 2. The highest BCUT2D eigenvalue weighted by molar-refractivity contribution is 5.95. The van der Waals surface area contributed by atoms with Crippen molar-refractivity contribution in [3.8, 4) is 0 Å². The molecule has 0 aliphatic carbocycles. The maximum absolute atomic E-state index is 11.3. The van der Waals surface area contributed by atoms with Crippen LogP contribution in [0.2, 0.25) is 0 Å². The molecule has 13 heavy (non-hydrogen) atoms. The van der Waals surface area contributed by atoms with E-state index in [0.717, 1.165) is 0 Å². The van der Waals surface area contributed by atoms with E-state index in [1.165, 1.54) is 4.80 Å². The molecule has 1 heterocycles. The second kappa shape index (κ2) is 3.09. The molecule has 0 radical (unpaired) electrons. The lowest BCUT2D eigenvalue weighted by molar-refractivity contribution is -0.120. The Labute approximate surface area is 75.3 Å². The van der Waals surface area contributed by atoms with Crippen molar-refractivity contribution in [3.63, 3.8) is 0 Å². The van der Waals surface area contributed by atoms with Crippen molar-refractivity contribution in [2.75, 3.05) is 5.32 Å². The van der Waals surface area contributed by atoms with Crippen molar-refractivity contribution in [3.05, 3.63) is 0 Å². The molecule has 0 unspecified atom stereocenters. The van der Waals surface area contributed by atoms with Gasteiger partial charge in [0.25, 0.3) is 5.95 Å². The molecule has 0 bridgehead atoms. The van der Waals surface area contributed by atoms with E-state index < -0.39 is 5.54 Å². The zero-order valence-electron chi connectivity index (χ0n) is 7.77. The van der Waals surface area contributed by atoms with Crippen LogP contribution in [0.15, 0.2) is 0 Å². The topological polar surface area (TPSA) is 98.7 Å². The van der Waals surface area contributed by atoms with E-state index in [-0.39, 0.29) is 11.9 Å². The smallest absolute Gasteiger partial charge is 0.270 e. The summed E-state index contributed by atoms with van der Waals surface area (Å²) in [5, 5.41) is 13.3. The van der Waals surface area contributed by atoms with Crippen molar-refractivity contribution in [2.45, 2.75) is 19.4 Å². The summed E-state index contributed by atoms with van der Waals surface area (Å²) < 4.78 is 0. The van der Waals surface area contributed by atoms with Gasteiger partial charge in [-0.2, -0.15) is 4.80 Å². The molecule has 1 amide bonds. The minimum absolute atomic E-state index is 0.158. The van der Waals surface area contributed by atoms with Gasteiger partial charge in [0, 0.05) is 0 Å². The van der Waals surface area contributed by atoms with E-state index >= 15 is 0 Å². The highest BCUT2D eigenvalue weighted by Gasteiger charge is 2.22. The third kappa shape index (κ3) is 2.48. The minimum atomic E-state index is -0.945. The Balaban J connectivity index is 2.65. The van der Waals surface area contributed by atoms with Gasteiger partial charge in [-0.15, -0.1) is 5.10 Å². The number of carbonyl (C=O) groups excluding carboxylic acids is 1. The quantitative estimate of drug-likeness (QED) is 0.607. The second-order valence-corrected chi connectivity index (χ2v) is 3.28. The number of nitrogens with two attached hydrogens (primary N) is 1. The van der Waals surface area contributed by atoms with Gasteiger partial charge in [-0.3, -0.25) is 10.1 Å². The first kappa shape index (κ1) is 9.59. The summed E-state index contributed by atoms with van der Waals surface area (Å²) in [6.45, 7) is 3.19. The molecule has 1 aromatic rings. The second-order valence-electron chi connectivity index (χ2n) is 3.28. The zero-order valence-corrected chi connectivity index (χ0v) is 7.77. The van der Waals surface area contributed by atoms with Crippen LogP contribution in [0.3, 0.4) is 0 Å². The number of anilines is 1. The van der Waals surface area contributed by atoms with Crippen LogP contribution < -0.4 is 11.1 Å². The molecule has 3 N–H and O–H groups in total. The Kier molecular flexibility index (Phi) is 2.28. The SMILES string of the molecule is Cn1nnc(NC(=O)C(C)(C)N)n1. The van der Waals surface area contributed by atoms with Gasteiger partial charge >= 0.3 is 0 Å². The molecule has 0 saturated carbocycles. The van der Waals surface area contributed by atoms with Gasteiger partial charge in [0.05, 0.1) is 12.6 Å². The third-order valence-electron chi connectivity index (χ3n) is 1.32. The molecule has 7 nitrogen and oxygen atoms in total. The molecular formula is C6H12N6O. The summed E-state index contributed by atoms with van der Waals surface area (Å²) in [5.74, 6) is -0.188. The Morgan fingerprint density at radius 1 is 1.62 bits per heavy atom. The van der Waals surface area contributed by atoms with Crippen molar-refractivity contribution in [1.29, 1.82) is 0 Å². The van der Waals surface area contributed by atoms with Crippen molar-refractivity contribution < 1.29 is 4.79 Å². The van der Waals surface area contributed by atoms with Gasteiger partial charge < -0.3 is 5.73 Å². The Bertz CT molecular complexity index is 311. The van der Waals surface area contributed by atoms with E-state index in [2.05, 4.69) is 20.7 Å². The summed E-state index contributed by atoms with van der Waals surface area (Å²) >= 11 is 0. The van der Waals surface area contributed by atoms with E-state index in [4.69, 9.17) is 5.73 Å². The van der Waals surface area contributed by atoms with Crippen molar-refractivity contribution in [1.82, 2.24) is 20.2 Å². The number of carbonyl (C=O) groups is 1. The average molecular weight is 184 g/mol. The number of nitrogens with one attached hydrogen (secondary N) is 1. The third-order valence-corrected chi connectivity index (χ3v) is 1.32. The number of amides is 1. The molecule has 0 fully saturated rings. The maximum atomic E-state index is 11.3. The standard InChI is InChI=1S/C6H12N6O/c1-6(2,7)4(13)8-5-9-11-12(3)10-5/h7H2,1-3H3,(H,8,10,13). The summed E-state index contributed by atoms with van der Waals surface area (Å²) in [6.07, 6.45) is 0. The summed E-state index contributed by atoms with van der Waals surface area (Å²) in [6, 6.07) is 0. The molecule has 7 heteroatoms. The highest BCUT2D eigenvalue weighted by Crippen LogP contribution is 2.01. The predicted molar refractivity (Wildman–Crippen MR) is 45.7 cm³/mol. The first-order chi connectivity index (χ1) is 5.89. The van der Waals surface area contributed by atoms with Crippen LogP contribution in [0.1, 0.15) is 13.8 Å². The zero-order chi connectivity index (χ0) is 10.1. The van der Waals surface area contributed by atoms with Gasteiger partial charge in [-0.05, 0) is 19.1 Å². The predicted octanol–water partition coefficient (Wildman–Crippen LogP) is -1.11. The normalized spacial score (nSPS) is 11.4. The summed E-state index contributed by atoms with van der Waals surface area (Å²) in [7, 11) is 1.61. The van der Waals surface area contributed by atoms with Crippen LogP contribution in [0.4, 0.5) is 5.95 Å². The molecule has 1 aromatic heterocycles. The lowest BCUT2D eigenvalue weighted by Crippen LogP contribution is -2.45. The monoisotopic (exact) mass is 184 g/mol. The Hall–Kier alpha value is -1.50. The van der Waals surface area contributed by atoms with Crippen LogP contribution in [-0.4, -0.2) is 31.7 Å². The molecule has 72 valence electrons. The van der Waals surface area contributed by atoms with Gasteiger partial charge in [0.15, 0.2) is 0 Å². The minimum Gasteiger partial charge on any atom is -0.318 e. The number of aromatic nitrogens is 4. The fraction of sp³-hybridized carbons (Fsp3) is 0.667. The lowest BCUT2D eigenvalue weighted by atomic mass is 10.1. The van der Waals surface area contributed by atoms with Crippen molar-refractivity contribution in [2.24, 2.45) is 12.8 Å². The van der Waals surface area contributed by atoms with E-state index in [0.29, 0.717) is 0 Å². The largest absolute Gasteiger partial charge is 0.318 e. The van der Waals surface area contributed by atoms with Crippen LogP contribution in [0.5, 0.6) is 0 Å². The molecule has 0 aliphatic heterocycles.